The van der Waals surface area contributed by atoms with Crippen molar-refractivity contribution in [3.05, 3.63) is 35.9 Å². The molecule has 0 aliphatic rings. The molecule has 19 heavy (non-hydrogen) atoms. The predicted molar refractivity (Wildman–Crippen MR) is 74.4 cm³/mol. The van der Waals surface area contributed by atoms with Gasteiger partial charge in [0.25, 0.3) is 0 Å². The monoisotopic (exact) mass is 264 g/mol. The molecule has 1 rings (SSSR count). The van der Waals surface area contributed by atoms with Crippen LogP contribution in [0.1, 0.15) is 32.5 Å². The molecule has 6 nitrogen and oxygen atoms in total. The van der Waals surface area contributed by atoms with Gasteiger partial charge in [0.05, 0.1) is 0 Å². The number of hydrogen-bond donors (Lipinski definition) is 3. The Morgan fingerprint density at radius 1 is 1.26 bits per heavy atom. The number of aliphatic imine (C=N–C) groups is 1. The number of hydrogen-bond acceptors (Lipinski definition) is 3. The van der Waals surface area contributed by atoms with E-state index in [4.69, 9.17) is 16.2 Å². The molecule has 1 aromatic carbocycles. The fourth-order valence-corrected chi connectivity index (χ4v) is 1.39. The van der Waals surface area contributed by atoms with Crippen molar-refractivity contribution in [3.8, 4) is 0 Å². The van der Waals surface area contributed by atoms with Gasteiger partial charge in [0.15, 0.2) is 12.1 Å². The van der Waals surface area contributed by atoms with Crippen molar-refractivity contribution in [3.63, 3.8) is 0 Å². The topological polar surface area (TPSA) is 103 Å². The summed E-state index contributed by atoms with van der Waals surface area (Å²) in [5.74, 6) is -0.107. The minimum Gasteiger partial charge on any atom is -0.444 e. The molecule has 1 amide bonds. The molecule has 0 saturated carbocycles. The Labute approximate surface area is 112 Å². The van der Waals surface area contributed by atoms with Crippen LogP contribution in [0.5, 0.6) is 0 Å². The highest BCUT2D eigenvalue weighted by Gasteiger charge is 2.20. The molecule has 5 N–H and O–H groups in total. The number of guanidine groups is 1. The van der Waals surface area contributed by atoms with Crippen LogP contribution in [0.25, 0.3) is 0 Å². The first-order valence-corrected chi connectivity index (χ1v) is 5.91. The van der Waals surface area contributed by atoms with Crippen molar-refractivity contribution < 1.29 is 9.53 Å². The maximum atomic E-state index is 11.7. The molecule has 0 radical (unpaired) electrons. The van der Waals surface area contributed by atoms with E-state index < -0.39 is 17.9 Å². The number of nitrogens with two attached hydrogens (primary N) is 2. The lowest BCUT2D eigenvalue weighted by Crippen LogP contribution is -2.36. The quantitative estimate of drug-likeness (QED) is 0.568. The third-order valence-electron chi connectivity index (χ3n) is 2.05. The number of nitrogens with zero attached hydrogens (tertiary/aromatic N) is 1. The Bertz CT molecular complexity index is 447. The van der Waals surface area contributed by atoms with E-state index in [1.54, 1.807) is 20.8 Å². The zero-order chi connectivity index (χ0) is 14.5. The maximum Gasteiger partial charge on any atom is 0.409 e. The second-order valence-electron chi connectivity index (χ2n) is 5.01. The first-order valence-electron chi connectivity index (χ1n) is 5.91. The van der Waals surface area contributed by atoms with E-state index in [0.29, 0.717) is 0 Å². The molecular weight excluding hydrogens is 244 g/mol. The van der Waals surface area contributed by atoms with Gasteiger partial charge in [0.2, 0.25) is 0 Å². The van der Waals surface area contributed by atoms with Crippen molar-refractivity contribution in [2.75, 3.05) is 0 Å². The summed E-state index contributed by atoms with van der Waals surface area (Å²) in [6.07, 6.45) is -1.24. The predicted octanol–water partition coefficient (Wildman–Crippen LogP) is 1.48. The highest BCUT2D eigenvalue weighted by molar-refractivity contribution is 5.76. The van der Waals surface area contributed by atoms with Crippen LogP contribution in [0, 0.1) is 0 Å². The number of alkyl carbamates (subject to hydrolysis) is 1. The third kappa shape index (κ3) is 5.76. The number of nitrogens with one attached hydrogen (secondary N) is 1. The van der Waals surface area contributed by atoms with Gasteiger partial charge in [-0.1, -0.05) is 30.3 Å². The number of carbonyl (C=O) groups is 1. The largest absolute Gasteiger partial charge is 0.444 e. The minimum atomic E-state index is -0.666. The Morgan fingerprint density at radius 3 is 2.32 bits per heavy atom. The molecule has 0 fully saturated rings. The van der Waals surface area contributed by atoms with Crippen molar-refractivity contribution in [1.29, 1.82) is 0 Å². The molecule has 1 atom stereocenters. The van der Waals surface area contributed by atoms with E-state index in [1.165, 1.54) is 0 Å². The summed E-state index contributed by atoms with van der Waals surface area (Å²) in [6.45, 7) is 5.35. The number of rotatable bonds is 3. The standard InChI is InChI=1S/C13H20N4O2/c1-13(2,3)19-12(18)17-10(16-11(14)15)9-7-5-4-6-8-9/h4-8,10H,1-3H3,(H,17,18)(H4,14,15,16). The van der Waals surface area contributed by atoms with Crippen LogP contribution in [0.3, 0.4) is 0 Å². The van der Waals surface area contributed by atoms with Crippen molar-refractivity contribution in [2.45, 2.75) is 32.5 Å². The van der Waals surface area contributed by atoms with Gasteiger partial charge in [-0.15, -0.1) is 0 Å². The molecular formula is C13H20N4O2. The van der Waals surface area contributed by atoms with E-state index in [-0.39, 0.29) is 5.96 Å². The third-order valence-corrected chi connectivity index (χ3v) is 2.05. The van der Waals surface area contributed by atoms with Gasteiger partial charge in [-0.2, -0.15) is 0 Å². The van der Waals surface area contributed by atoms with Crippen LogP contribution in [0.15, 0.2) is 35.3 Å². The summed E-state index contributed by atoms with van der Waals surface area (Å²) < 4.78 is 5.17. The zero-order valence-corrected chi connectivity index (χ0v) is 11.4. The van der Waals surface area contributed by atoms with Crippen molar-refractivity contribution >= 4 is 12.1 Å². The molecule has 1 aromatic rings. The average Bonchev–Trinajstić information content (AvgIpc) is 2.26. The summed E-state index contributed by atoms with van der Waals surface area (Å²) >= 11 is 0. The van der Waals surface area contributed by atoms with Gasteiger partial charge in [-0.05, 0) is 26.3 Å². The summed E-state index contributed by atoms with van der Waals surface area (Å²) in [7, 11) is 0. The van der Waals surface area contributed by atoms with Crippen LogP contribution in [0.4, 0.5) is 4.79 Å². The SMILES string of the molecule is CC(C)(C)OC(=O)NC(N=C(N)N)c1ccccc1. The fourth-order valence-electron chi connectivity index (χ4n) is 1.39. The van der Waals surface area contributed by atoms with Gasteiger partial charge in [0.1, 0.15) is 5.60 Å². The number of benzene rings is 1. The number of ether oxygens (including phenoxy) is 1. The van der Waals surface area contributed by atoms with E-state index in [0.717, 1.165) is 5.56 Å². The molecule has 6 heteroatoms. The van der Waals surface area contributed by atoms with Crippen molar-refractivity contribution in [2.24, 2.45) is 16.5 Å². The summed E-state index contributed by atoms with van der Waals surface area (Å²) in [5.41, 5.74) is 10.9. The van der Waals surface area contributed by atoms with Crippen LogP contribution in [0.2, 0.25) is 0 Å². The first-order chi connectivity index (χ1) is 8.78. The average molecular weight is 264 g/mol. The van der Waals surface area contributed by atoms with Crippen LogP contribution in [-0.2, 0) is 4.74 Å². The lowest BCUT2D eigenvalue weighted by molar-refractivity contribution is 0.0505. The molecule has 0 aromatic heterocycles. The summed E-state index contributed by atoms with van der Waals surface area (Å²) in [4.78, 5) is 15.7. The van der Waals surface area contributed by atoms with Crippen LogP contribution in [-0.4, -0.2) is 17.7 Å². The Hall–Kier alpha value is -2.24. The van der Waals surface area contributed by atoms with Crippen LogP contribution < -0.4 is 16.8 Å². The van der Waals surface area contributed by atoms with E-state index in [1.807, 2.05) is 30.3 Å². The second-order valence-corrected chi connectivity index (χ2v) is 5.01. The molecule has 0 aliphatic heterocycles. The van der Waals surface area contributed by atoms with E-state index in [2.05, 4.69) is 10.3 Å². The highest BCUT2D eigenvalue weighted by Crippen LogP contribution is 2.15. The van der Waals surface area contributed by atoms with Gasteiger partial charge in [-0.3, -0.25) is 5.32 Å². The van der Waals surface area contributed by atoms with Gasteiger partial charge < -0.3 is 16.2 Å². The molecule has 0 saturated heterocycles. The second kappa shape index (κ2) is 6.08. The molecule has 0 bridgehead atoms. The Morgan fingerprint density at radius 2 is 1.84 bits per heavy atom. The summed E-state index contributed by atoms with van der Waals surface area (Å²) in [5, 5.41) is 2.61. The number of carbonyl (C=O) groups excluding carboxylic acids is 1. The summed E-state index contributed by atoms with van der Waals surface area (Å²) in [6, 6.07) is 9.16. The molecule has 104 valence electrons. The Kier molecular flexibility index (Phi) is 4.74. The molecule has 0 aliphatic carbocycles. The fraction of sp³-hybridized carbons (Fsp3) is 0.385. The van der Waals surface area contributed by atoms with Gasteiger partial charge in [-0.25, -0.2) is 9.79 Å². The van der Waals surface area contributed by atoms with Gasteiger partial charge >= 0.3 is 6.09 Å². The van der Waals surface area contributed by atoms with Gasteiger partial charge in [0, 0.05) is 0 Å². The molecule has 0 spiro atoms. The molecule has 0 heterocycles. The van der Waals surface area contributed by atoms with Crippen molar-refractivity contribution in [1.82, 2.24) is 5.32 Å². The van der Waals surface area contributed by atoms with Crippen LogP contribution >= 0.6 is 0 Å². The minimum absolute atomic E-state index is 0.107. The normalized spacial score (nSPS) is 12.4. The maximum absolute atomic E-state index is 11.7. The lowest BCUT2D eigenvalue weighted by atomic mass is 10.2. The molecule has 1 unspecified atom stereocenters. The first kappa shape index (κ1) is 14.8. The highest BCUT2D eigenvalue weighted by atomic mass is 16.6. The number of amides is 1. The Balaban J connectivity index is 2.83. The van der Waals surface area contributed by atoms with E-state index >= 15 is 0 Å². The smallest absolute Gasteiger partial charge is 0.409 e. The zero-order valence-electron chi connectivity index (χ0n) is 11.4. The van der Waals surface area contributed by atoms with E-state index in [9.17, 15) is 4.79 Å². The lowest BCUT2D eigenvalue weighted by Gasteiger charge is -2.22.